The third-order valence-corrected chi connectivity index (χ3v) is 17.0. The average Bonchev–Trinajstić information content (AvgIpc) is 3.70. The van der Waals surface area contributed by atoms with Crippen LogP contribution < -0.4 is 5.32 Å². The fourth-order valence-corrected chi connectivity index (χ4v) is 11.4. The van der Waals surface area contributed by atoms with E-state index in [1.165, 1.54) is 257 Å². The van der Waals surface area contributed by atoms with E-state index in [4.69, 9.17) is 9.47 Å². The number of carbonyl (C=O) groups excluding carboxylic acids is 1. The van der Waals surface area contributed by atoms with Crippen LogP contribution in [-0.2, 0) is 14.3 Å². The van der Waals surface area contributed by atoms with Crippen LogP contribution in [0.15, 0.2) is 72.9 Å². The van der Waals surface area contributed by atoms with Crippen LogP contribution in [0, 0.1) is 0 Å². The van der Waals surface area contributed by atoms with Gasteiger partial charge < -0.3 is 40.3 Å². The third kappa shape index (κ3) is 51.7. The molecule has 1 saturated heterocycles. The first-order chi connectivity index (χ1) is 41.3. The zero-order valence-electron chi connectivity index (χ0n) is 54.9. The quantitative estimate of drug-likeness (QED) is 0.0261. The fraction of sp³-hybridized carbons (Fsp3) is 0.827. The Balaban J connectivity index is 2.13. The Morgan fingerprint density at radius 1 is 0.417 bits per heavy atom. The minimum atomic E-state index is -1.57. The largest absolute Gasteiger partial charge is 0.394 e. The van der Waals surface area contributed by atoms with Crippen molar-refractivity contribution in [3.8, 4) is 0 Å². The van der Waals surface area contributed by atoms with Gasteiger partial charge in [-0.3, -0.25) is 4.79 Å². The molecule has 1 heterocycles. The van der Waals surface area contributed by atoms with E-state index in [1.54, 1.807) is 6.08 Å². The van der Waals surface area contributed by atoms with Crippen molar-refractivity contribution in [3.63, 3.8) is 0 Å². The molecule has 6 N–H and O–H groups in total. The van der Waals surface area contributed by atoms with Crippen molar-refractivity contribution in [1.29, 1.82) is 0 Å². The molecule has 0 aromatic rings. The van der Waals surface area contributed by atoms with Crippen LogP contribution in [-0.4, -0.2) is 87.5 Å². The summed E-state index contributed by atoms with van der Waals surface area (Å²) in [5.41, 5.74) is 0. The molecule has 0 bridgehead atoms. The van der Waals surface area contributed by atoms with Crippen molar-refractivity contribution in [1.82, 2.24) is 5.32 Å². The SMILES string of the molecule is CC/C=C\C/C=C\C/C=C\C/C=C\CCCCCCCCCCCCCCCCCCCCC(=O)NC(COC1OC(CO)C(O)C(O)C1O)C(O)/C=C/CC/C=C/CCCCCCCCCCCCCCCCCCCCCCCCCC. The summed E-state index contributed by atoms with van der Waals surface area (Å²) in [6, 6.07) is -0.826. The van der Waals surface area contributed by atoms with Gasteiger partial charge in [0.1, 0.15) is 24.4 Å². The Labute approximate surface area is 519 Å². The van der Waals surface area contributed by atoms with Crippen LogP contribution in [0.4, 0.5) is 0 Å². The molecule has 0 saturated carbocycles. The lowest BCUT2D eigenvalue weighted by molar-refractivity contribution is -0.302. The second kappa shape index (κ2) is 63.6. The van der Waals surface area contributed by atoms with E-state index in [0.29, 0.717) is 6.42 Å². The Kier molecular flexibility index (Phi) is 60.3. The summed E-state index contributed by atoms with van der Waals surface area (Å²) in [4.78, 5) is 13.1. The number of hydrogen-bond acceptors (Lipinski definition) is 8. The summed E-state index contributed by atoms with van der Waals surface area (Å²) >= 11 is 0. The number of hydrogen-bond donors (Lipinski definition) is 6. The molecule has 1 aliphatic rings. The zero-order valence-corrected chi connectivity index (χ0v) is 54.9. The maximum absolute atomic E-state index is 13.1. The molecule has 0 aromatic carbocycles. The third-order valence-electron chi connectivity index (χ3n) is 17.0. The minimum absolute atomic E-state index is 0.183. The normalized spacial score (nSPS) is 18.6. The molecule has 84 heavy (non-hydrogen) atoms. The topological polar surface area (TPSA) is 149 Å². The highest BCUT2D eigenvalue weighted by molar-refractivity contribution is 5.76. The van der Waals surface area contributed by atoms with Gasteiger partial charge in [-0.15, -0.1) is 0 Å². The van der Waals surface area contributed by atoms with Crippen LogP contribution >= 0.6 is 0 Å². The van der Waals surface area contributed by atoms with E-state index in [9.17, 15) is 30.3 Å². The standard InChI is InChI=1S/C75H137NO8/c1-3-5-7-9-11-13-15-17-19-21-23-25-27-29-31-33-35-37-39-41-43-45-47-49-51-53-55-57-59-61-63-65-71(79)76-68(67-83-75-74(82)73(81)72(80)70(66-77)84-75)69(78)64-62-60-58-56-54-52-50-48-46-44-42-40-38-36-34-32-30-28-26-24-22-20-18-16-14-12-10-8-6-4-2/h5,7,11,13,17,19,23,25,54,56,62,64,68-70,72-75,77-78,80-82H,3-4,6,8-10,12,14-16,18,20-22,24,26-53,55,57-61,63,65-67H2,1-2H3,(H,76,79)/b7-5-,13-11-,19-17-,25-23-,56-54+,64-62+. The number of aliphatic hydroxyl groups is 5. The molecular formula is C75H137NO8. The first kappa shape index (κ1) is 79.6. The molecule has 1 amide bonds. The minimum Gasteiger partial charge on any atom is -0.394 e. The number of rotatable bonds is 63. The monoisotopic (exact) mass is 1180 g/mol. The molecular weight excluding hydrogens is 1040 g/mol. The number of carbonyl (C=O) groups is 1. The summed E-state index contributed by atoms with van der Waals surface area (Å²) in [6.07, 6.45) is 83.1. The van der Waals surface area contributed by atoms with Crippen LogP contribution in [0.25, 0.3) is 0 Å². The van der Waals surface area contributed by atoms with Gasteiger partial charge in [0, 0.05) is 6.42 Å². The number of amides is 1. The second-order valence-corrected chi connectivity index (χ2v) is 25.0. The van der Waals surface area contributed by atoms with E-state index in [2.05, 4.69) is 79.9 Å². The van der Waals surface area contributed by atoms with Gasteiger partial charge in [-0.05, 0) is 70.6 Å². The van der Waals surface area contributed by atoms with Gasteiger partial charge in [0.25, 0.3) is 0 Å². The van der Waals surface area contributed by atoms with Crippen LogP contribution in [0.3, 0.4) is 0 Å². The highest BCUT2D eigenvalue weighted by atomic mass is 16.7. The molecule has 0 spiro atoms. The molecule has 9 nitrogen and oxygen atoms in total. The molecule has 0 aliphatic carbocycles. The smallest absolute Gasteiger partial charge is 0.220 e. The van der Waals surface area contributed by atoms with Crippen LogP contribution in [0.1, 0.15) is 341 Å². The van der Waals surface area contributed by atoms with Gasteiger partial charge >= 0.3 is 0 Å². The van der Waals surface area contributed by atoms with Gasteiger partial charge in [-0.1, -0.05) is 337 Å². The molecule has 0 aromatic heterocycles. The van der Waals surface area contributed by atoms with Crippen LogP contribution in [0.5, 0.6) is 0 Å². The summed E-state index contributed by atoms with van der Waals surface area (Å²) in [5, 5.41) is 54.8. The molecule has 490 valence electrons. The molecule has 7 atom stereocenters. The molecule has 1 aliphatic heterocycles. The van der Waals surface area contributed by atoms with E-state index >= 15 is 0 Å². The molecule has 1 fully saturated rings. The predicted octanol–water partition coefficient (Wildman–Crippen LogP) is 19.9. The van der Waals surface area contributed by atoms with Gasteiger partial charge in [0.15, 0.2) is 6.29 Å². The Morgan fingerprint density at radius 2 is 0.750 bits per heavy atom. The van der Waals surface area contributed by atoms with Crippen molar-refractivity contribution in [3.05, 3.63) is 72.9 Å². The Hall–Kier alpha value is -2.37. The lowest BCUT2D eigenvalue weighted by atomic mass is 9.99. The first-order valence-corrected chi connectivity index (χ1v) is 36.2. The van der Waals surface area contributed by atoms with Crippen molar-refractivity contribution in [2.45, 2.75) is 384 Å². The number of aliphatic hydroxyl groups excluding tert-OH is 5. The second-order valence-electron chi connectivity index (χ2n) is 25.0. The van der Waals surface area contributed by atoms with Crippen molar-refractivity contribution >= 4 is 5.91 Å². The van der Waals surface area contributed by atoms with Gasteiger partial charge in [0.05, 0.1) is 25.4 Å². The zero-order chi connectivity index (χ0) is 60.7. The highest BCUT2D eigenvalue weighted by Crippen LogP contribution is 2.23. The fourth-order valence-electron chi connectivity index (χ4n) is 11.4. The molecule has 7 unspecified atom stereocenters. The lowest BCUT2D eigenvalue weighted by Crippen LogP contribution is -2.60. The van der Waals surface area contributed by atoms with E-state index in [0.717, 1.165) is 64.2 Å². The molecule has 1 rings (SSSR count). The van der Waals surface area contributed by atoms with E-state index in [-0.39, 0.29) is 12.5 Å². The summed E-state index contributed by atoms with van der Waals surface area (Å²) in [6.45, 7) is 3.70. The lowest BCUT2D eigenvalue weighted by Gasteiger charge is -2.40. The highest BCUT2D eigenvalue weighted by Gasteiger charge is 2.44. The summed E-state index contributed by atoms with van der Waals surface area (Å²) < 4.78 is 11.3. The maximum Gasteiger partial charge on any atom is 0.220 e. The van der Waals surface area contributed by atoms with Gasteiger partial charge in [-0.2, -0.15) is 0 Å². The molecule has 9 heteroatoms. The number of nitrogens with one attached hydrogen (secondary N) is 1. The maximum atomic E-state index is 13.1. The van der Waals surface area contributed by atoms with Crippen molar-refractivity contribution < 1.29 is 39.8 Å². The summed E-state index contributed by atoms with van der Waals surface area (Å²) in [7, 11) is 0. The van der Waals surface area contributed by atoms with E-state index in [1.807, 2.05) is 6.08 Å². The van der Waals surface area contributed by atoms with Crippen molar-refractivity contribution in [2.24, 2.45) is 0 Å². The van der Waals surface area contributed by atoms with Crippen LogP contribution in [0.2, 0.25) is 0 Å². The van der Waals surface area contributed by atoms with Crippen molar-refractivity contribution in [2.75, 3.05) is 13.2 Å². The summed E-state index contributed by atoms with van der Waals surface area (Å²) in [5.74, 6) is -0.183. The van der Waals surface area contributed by atoms with Gasteiger partial charge in [0.2, 0.25) is 5.91 Å². The first-order valence-electron chi connectivity index (χ1n) is 36.2. The Morgan fingerprint density at radius 3 is 1.14 bits per heavy atom. The van der Waals surface area contributed by atoms with Gasteiger partial charge in [-0.25, -0.2) is 0 Å². The number of allylic oxidation sites excluding steroid dienone is 11. The number of ether oxygens (including phenoxy) is 2. The predicted molar refractivity (Wildman–Crippen MR) is 359 cm³/mol. The number of unbranched alkanes of at least 4 members (excludes halogenated alkanes) is 43. The Bertz CT molecular complexity index is 1560. The average molecular weight is 1180 g/mol. The van der Waals surface area contributed by atoms with E-state index < -0.39 is 49.5 Å². The molecule has 0 radical (unpaired) electrons.